The van der Waals surface area contributed by atoms with E-state index >= 15 is 0 Å². The molecule has 1 aliphatic heterocycles. The molecule has 1 aromatic rings. The van der Waals surface area contributed by atoms with E-state index in [2.05, 4.69) is 5.32 Å². The first kappa shape index (κ1) is 13.4. The normalized spacial score (nSPS) is 13.2. The van der Waals surface area contributed by atoms with Crippen molar-refractivity contribution in [1.29, 1.82) is 0 Å². The number of hydrogen-bond acceptors (Lipinski definition) is 4. The average Bonchev–Trinajstić information content (AvgIpc) is 2.82. The Balaban J connectivity index is 2.23. The Labute approximate surface area is 111 Å². The number of hydrogen-bond donors (Lipinski definition) is 1. The second kappa shape index (κ2) is 4.91. The van der Waals surface area contributed by atoms with Gasteiger partial charge in [0.1, 0.15) is 0 Å². The van der Waals surface area contributed by atoms with Gasteiger partial charge < -0.3 is 14.8 Å². The Bertz CT molecular complexity index is 517. The predicted molar refractivity (Wildman–Crippen MR) is 69.3 cm³/mol. The molecule has 1 amide bonds. The first-order valence-electron chi connectivity index (χ1n) is 6.08. The second-order valence-corrected chi connectivity index (χ2v) is 5.42. The van der Waals surface area contributed by atoms with E-state index in [1.165, 1.54) is 0 Å². The molecule has 0 radical (unpaired) electrons. The molecule has 0 spiro atoms. The van der Waals surface area contributed by atoms with Gasteiger partial charge in [0.25, 0.3) is 0 Å². The van der Waals surface area contributed by atoms with Crippen molar-refractivity contribution < 1.29 is 19.1 Å². The van der Waals surface area contributed by atoms with Gasteiger partial charge in [-0.25, -0.2) is 0 Å². The Hall–Kier alpha value is -2.04. The number of ether oxygens (including phenoxy) is 2. The molecule has 0 bridgehead atoms. The summed E-state index contributed by atoms with van der Waals surface area (Å²) >= 11 is 0. The maximum absolute atomic E-state index is 11.9. The number of fused-ring (bicyclic) bond motifs is 1. The van der Waals surface area contributed by atoms with Gasteiger partial charge in [-0.3, -0.25) is 9.59 Å². The standard InChI is InChI=1S/C14H17NO4/c1-14(2,3)13(17)15-6-10-9(7-16)4-5-11-12(10)19-8-18-11/h4-5,7H,6,8H2,1-3H3,(H,15,17). The zero-order valence-corrected chi connectivity index (χ0v) is 11.3. The molecule has 0 fully saturated rings. The Kier molecular flexibility index (Phi) is 3.46. The van der Waals surface area contributed by atoms with Crippen molar-refractivity contribution in [2.24, 2.45) is 5.41 Å². The van der Waals surface area contributed by atoms with Crippen LogP contribution in [-0.4, -0.2) is 19.0 Å². The van der Waals surface area contributed by atoms with Crippen molar-refractivity contribution in [1.82, 2.24) is 5.32 Å². The molecule has 1 N–H and O–H groups in total. The van der Waals surface area contributed by atoms with Crippen LogP contribution >= 0.6 is 0 Å². The molecule has 19 heavy (non-hydrogen) atoms. The molecular formula is C14H17NO4. The van der Waals surface area contributed by atoms with Gasteiger partial charge in [0, 0.05) is 23.1 Å². The molecule has 102 valence electrons. The van der Waals surface area contributed by atoms with Gasteiger partial charge in [0.05, 0.1) is 0 Å². The molecule has 1 aromatic carbocycles. The maximum atomic E-state index is 11.9. The Morgan fingerprint density at radius 1 is 1.37 bits per heavy atom. The molecule has 0 aromatic heterocycles. The van der Waals surface area contributed by atoms with Gasteiger partial charge in [-0.15, -0.1) is 0 Å². The fourth-order valence-corrected chi connectivity index (χ4v) is 1.77. The first-order chi connectivity index (χ1) is 8.93. The lowest BCUT2D eigenvalue weighted by molar-refractivity contribution is -0.128. The molecule has 1 heterocycles. The smallest absolute Gasteiger partial charge is 0.231 e. The lowest BCUT2D eigenvalue weighted by Gasteiger charge is -2.18. The van der Waals surface area contributed by atoms with Crippen molar-refractivity contribution in [3.05, 3.63) is 23.3 Å². The molecule has 0 saturated heterocycles. The van der Waals surface area contributed by atoms with Crippen molar-refractivity contribution in [3.63, 3.8) is 0 Å². The highest BCUT2D eigenvalue weighted by Crippen LogP contribution is 2.37. The highest BCUT2D eigenvalue weighted by atomic mass is 16.7. The highest BCUT2D eigenvalue weighted by molar-refractivity contribution is 5.83. The number of nitrogens with one attached hydrogen (secondary N) is 1. The van der Waals surface area contributed by atoms with E-state index in [1.807, 2.05) is 20.8 Å². The number of carbonyl (C=O) groups is 2. The second-order valence-electron chi connectivity index (χ2n) is 5.42. The minimum Gasteiger partial charge on any atom is -0.454 e. The average molecular weight is 263 g/mol. The van der Waals surface area contributed by atoms with Crippen LogP contribution in [0.4, 0.5) is 0 Å². The summed E-state index contributed by atoms with van der Waals surface area (Å²) in [5.74, 6) is 1.06. The minimum atomic E-state index is -0.476. The predicted octanol–water partition coefficient (Wildman–Crippen LogP) is 1.89. The quantitative estimate of drug-likeness (QED) is 0.846. The summed E-state index contributed by atoms with van der Waals surface area (Å²) in [7, 11) is 0. The summed E-state index contributed by atoms with van der Waals surface area (Å²) in [6, 6.07) is 3.36. The van der Waals surface area contributed by atoms with E-state index in [4.69, 9.17) is 9.47 Å². The van der Waals surface area contributed by atoms with Gasteiger partial charge >= 0.3 is 0 Å². The van der Waals surface area contributed by atoms with Gasteiger partial charge in [-0.05, 0) is 12.1 Å². The zero-order chi connectivity index (χ0) is 14.0. The Morgan fingerprint density at radius 2 is 2.11 bits per heavy atom. The summed E-state index contributed by atoms with van der Waals surface area (Å²) < 4.78 is 10.6. The lowest BCUT2D eigenvalue weighted by Crippen LogP contribution is -2.34. The lowest BCUT2D eigenvalue weighted by atomic mass is 9.95. The third-order valence-corrected chi connectivity index (χ3v) is 2.91. The minimum absolute atomic E-state index is 0.0825. The summed E-state index contributed by atoms with van der Waals surface area (Å²) in [5, 5.41) is 2.81. The number of aldehydes is 1. The zero-order valence-electron chi connectivity index (χ0n) is 11.3. The summed E-state index contributed by atoms with van der Waals surface area (Å²) in [6.07, 6.45) is 0.751. The molecule has 0 atom stereocenters. The molecule has 1 aliphatic rings. The maximum Gasteiger partial charge on any atom is 0.231 e. The molecule has 5 nitrogen and oxygen atoms in total. The van der Waals surface area contributed by atoms with Crippen molar-refractivity contribution in [2.45, 2.75) is 27.3 Å². The third kappa shape index (κ3) is 2.70. The van der Waals surface area contributed by atoms with Gasteiger partial charge in [-0.2, -0.15) is 0 Å². The van der Waals surface area contributed by atoms with E-state index < -0.39 is 5.41 Å². The van der Waals surface area contributed by atoms with E-state index in [-0.39, 0.29) is 19.2 Å². The largest absolute Gasteiger partial charge is 0.454 e. The van der Waals surface area contributed by atoms with Crippen molar-refractivity contribution in [3.8, 4) is 11.5 Å². The van der Waals surface area contributed by atoms with Crippen LogP contribution in [0.25, 0.3) is 0 Å². The molecule has 5 heteroatoms. The van der Waals surface area contributed by atoms with E-state index in [1.54, 1.807) is 12.1 Å². The molecular weight excluding hydrogens is 246 g/mol. The summed E-state index contributed by atoms with van der Waals surface area (Å²) in [4.78, 5) is 22.9. The number of amides is 1. The highest BCUT2D eigenvalue weighted by Gasteiger charge is 2.24. The summed E-state index contributed by atoms with van der Waals surface area (Å²) in [6.45, 7) is 5.88. The van der Waals surface area contributed by atoms with Crippen LogP contribution in [0.3, 0.4) is 0 Å². The third-order valence-electron chi connectivity index (χ3n) is 2.91. The van der Waals surface area contributed by atoms with Crippen LogP contribution in [0.1, 0.15) is 36.7 Å². The fraction of sp³-hybridized carbons (Fsp3) is 0.429. The van der Waals surface area contributed by atoms with Crippen LogP contribution in [0, 0.1) is 5.41 Å². The van der Waals surface area contributed by atoms with Gasteiger partial charge in [0.2, 0.25) is 12.7 Å². The fourth-order valence-electron chi connectivity index (χ4n) is 1.77. The van der Waals surface area contributed by atoms with E-state index in [0.29, 0.717) is 22.6 Å². The first-order valence-corrected chi connectivity index (χ1v) is 6.08. The topological polar surface area (TPSA) is 64.6 Å². The molecule has 0 saturated carbocycles. The number of benzene rings is 1. The number of carbonyl (C=O) groups excluding carboxylic acids is 2. The van der Waals surface area contributed by atoms with E-state index in [9.17, 15) is 9.59 Å². The number of rotatable bonds is 3. The van der Waals surface area contributed by atoms with E-state index in [0.717, 1.165) is 6.29 Å². The van der Waals surface area contributed by atoms with Crippen LogP contribution in [-0.2, 0) is 11.3 Å². The van der Waals surface area contributed by atoms with Crippen LogP contribution in [0.2, 0.25) is 0 Å². The summed E-state index contributed by atoms with van der Waals surface area (Å²) in [5.41, 5.74) is 0.678. The van der Waals surface area contributed by atoms with Gasteiger partial charge in [-0.1, -0.05) is 20.8 Å². The van der Waals surface area contributed by atoms with Crippen LogP contribution in [0.15, 0.2) is 12.1 Å². The van der Waals surface area contributed by atoms with Crippen molar-refractivity contribution in [2.75, 3.05) is 6.79 Å². The SMILES string of the molecule is CC(C)(C)C(=O)NCc1c(C=O)ccc2c1OCO2. The molecule has 0 unspecified atom stereocenters. The Morgan fingerprint density at radius 3 is 2.74 bits per heavy atom. The molecule has 0 aliphatic carbocycles. The van der Waals surface area contributed by atoms with Crippen LogP contribution < -0.4 is 14.8 Å². The van der Waals surface area contributed by atoms with Gasteiger partial charge in [0.15, 0.2) is 17.8 Å². The van der Waals surface area contributed by atoms with Crippen LogP contribution in [0.5, 0.6) is 11.5 Å². The van der Waals surface area contributed by atoms with Crippen molar-refractivity contribution >= 4 is 12.2 Å². The monoisotopic (exact) mass is 263 g/mol. The molecule has 2 rings (SSSR count).